The standard InChI is InChI=1S/C33H34N4O/c1-4-6-9-23(5-2)22-36-31-11-8-7-10-27(31)28-20-25(14-17-32(28)36)30-18-19-34-33-21-29(35-37(30)33)24-12-15-26(38-3)16-13-24/h7-8,10-21,23H,4-6,9,22H2,1-3H3. The summed E-state index contributed by atoms with van der Waals surface area (Å²) in [6.07, 6.45) is 6.90. The number of rotatable bonds is 9. The summed E-state index contributed by atoms with van der Waals surface area (Å²) in [5.74, 6) is 1.52. The van der Waals surface area contributed by atoms with E-state index in [2.05, 4.69) is 71.9 Å². The van der Waals surface area contributed by atoms with Crippen LogP contribution in [0.4, 0.5) is 0 Å². The molecule has 0 spiro atoms. The summed E-state index contributed by atoms with van der Waals surface area (Å²) in [6.45, 7) is 5.67. The second-order valence-electron chi connectivity index (χ2n) is 10.1. The van der Waals surface area contributed by atoms with Gasteiger partial charge in [0.25, 0.3) is 0 Å². The summed E-state index contributed by atoms with van der Waals surface area (Å²) >= 11 is 0. The Kier molecular flexibility index (Phi) is 6.59. The Labute approximate surface area is 223 Å². The topological polar surface area (TPSA) is 44.3 Å². The predicted octanol–water partition coefficient (Wildman–Crippen LogP) is 8.40. The largest absolute Gasteiger partial charge is 0.497 e. The van der Waals surface area contributed by atoms with Crippen LogP contribution in [0.1, 0.15) is 39.5 Å². The van der Waals surface area contributed by atoms with E-state index >= 15 is 0 Å². The Bertz CT molecular complexity index is 1710. The van der Waals surface area contributed by atoms with Gasteiger partial charge >= 0.3 is 0 Å². The molecule has 0 N–H and O–H groups in total. The monoisotopic (exact) mass is 502 g/mol. The van der Waals surface area contributed by atoms with Gasteiger partial charge in [0, 0.05) is 51.7 Å². The molecular weight excluding hydrogens is 468 g/mol. The number of hydrogen-bond acceptors (Lipinski definition) is 3. The lowest BCUT2D eigenvalue weighted by atomic mass is 9.99. The number of hydrogen-bond donors (Lipinski definition) is 0. The van der Waals surface area contributed by atoms with Gasteiger partial charge in [0.05, 0.1) is 18.5 Å². The van der Waals surface area contributed by atoms with Gasteiger partial charge in [-0.3, -0.25) is 0 Å². The number of benzene rings is 3. The fraction of sp³-hybridized carbons (Fsp3) is 0.273. The smallest absolute Gasteiger partial charge is 0.156 e. The molecule has 6 aromatic rings. The second kappa shape index (κ2) is 10.3. The molecule has 38 heavy (non-hydrogen) atoms. The summed E-state index contributed by atoms with van der Waals surface area (Å²) in [4.78, 5) is 4.60. The third-order valence-electron chi connectivity index (χ3n) is 7.80. The number of fused-ring (bicyclic) bond motifs is 4. The summed E-state index contributed by atoms with van der Waals surface area (Å²) in [6, 6.07) is 27.7. The average molecular weight is 503 g/mol. The molecule has 192 valence electrons. The van der Waals surface area contributed by atoms with Crippen LogP contribution in [-0.4, -0.2) is 26.3 Å². The lowest BCUT2D eigenvalue weighted by molar-refractivity contribution is 0.401. The van der Waals surface area contributed by atoms with E-state index in [-0.39, 0.29) is 0 Å². The number of ether oxygens (including phenoxy) is 1. The first-order valence-electron chi connectivity index (χ1n) is 13.7. The van der Waals surface area contributed by atoms with Crippen LogP contribution in [0.15, 0.2) is 85.1 Å². The van der Waals surface area contributed by atoms with Crippen molar-refractivity contribution in [2.45, 2.75) is 46.1 Å². The molecule has 5 nitrogen and oxygen atoms in total. The van der Waals surface area contributed by atoms with E-state index in [1.807, 2.05) is 41.0 Å². The van der Waals surface area contributed by atoms with Gasteiger partial charge in [-0.15, -0.1) is 0 Å². The molecule has 0 radical (unpaired) electrons. The molecule has 0 amide bonds. The van der Waals surface area contributed by atoms with Gasteiger partial charge in [-0.25, -0.2) is 9.50 Å². The molecule has 1 unspecified atom stereocenters. The Balaban J connectivity index is 1.45. The molecule has 0 aliphatic heterocycles. The van der Waals surface area contributed by atoms with Gasteiger partial charge in [0.2, 0.25) is 0 Å². The van der Waals surface area contributed by atoms with Crippen molar-refractivity contribution >= 4 is 27.5 Å². The van der Waals surface area contributed by atoms with Crippen molar-refractivity contribution in [1.82, 2.24) is 19.2 Å². The molecule has 0 saturated carbocycles. The molecule has 0 aliphatic carbocycles. The highest BCUT2D eigenvalue weighted by Crippen LogP contribution is 2.34. The highest BCUT2D eigenvalue weighted by molar-refractivity contribution is 6.09. The van der Waals surface area contributed by atoms with E-state index in [9.17, 15) is 0 Å². The number of methoxy groups -OCH3 is 1. The van der Waals surface area contributed by atoms with Gasteiger partial charge < -0.3 is 9.30 Å². The first-order chi connectivity index (χ1) is 18.7. The van der Waals surface area contributed by atoms with Crippen molar-refractivity contribution in [2.24, 2.45) is 5.92 Å². The molecule has 1 atom stereocenters. The zero-order valence-corrected chi connectivity index (χ0v) is 22.4. The molecular formula is C33H34N4O. The zero-order chi connectivity index (χ0) is 26.1. The minimum Gasteiger partial charge on any atom is -0.497 e. The molecule has 0 saturated heterocycles. The predicted molar refractivity (Wildman–Crippen MR) is 157 cm³/mol. The average Bonchev–Trinajstić information content (AvgIpc) is 3.54. The lowest BCUT2D eigenvalue weighted by Gasteiger charge is -2.17. The van der Waals surface area contributed by atoms with Crippen LogP contribution in [0.25, 0.3) is 50.0 Å². The van der Waals surface area contributed by atoms with Crippen LogP contribution < -0.4 is 4.74 Å². The van der Waals surface area contributed by atoms with Crippen LogP contribution in [0.3, 0.4) is 0 Å². The van der Waals surface area contributed by atoms with Gasteiger partial charge in [-0.2, -0.15) is 5.10 Å². The van der Waals surface area contributed by atoms with Crippen molar-refractivity contribution in [1.29, 1.82) is 0 Å². The second-order valence-corrected chi connectivity index (χ2v) is 10.1. The summed E-state index contributed by atoms with van der Waals surface area (Å²) < 4.78 is 9.81. The maximum atomic E-state index is 5.31. The summed E-state index contributed by atoms with van der Waals surface area (Å²) in [5.41, 5.74) is 7.54. The van der Waals surface area contributed by atoms with Crippen LogP contribution in [0.2, 0.25) is 0 Å². The SMILES string of the molecule is CCCCC(CC)Cn1c2ccccc2c2cc(-c3ccnc4cc(-c5ccc(OC)cc5)nn34)ccc21. The van der Waals surface area contributed by atoms with E-state index in [0.29, 0.717) is 5.92 Å². The third-order valence-corrected chi connectivity index (χ3v) is 7.80. The van der Waals surface area contributed by atoms with Crippen molar-refractivity contribution < 1.29 is 4.74 Å². The fourth-order valence-electron chi connectivity index (χ4n) is 5.60. The molecule has 0 bridgehead atoms. The molecule has 0 aliphatic rings. The van der Waals surface area contributed by atoms with E-state index in [1.165, 1.54) is 47.5 Å². The number of nitrogens with zero attached hydrogens (tertiary/aromatic N) is 4. The van der Waals surface area contributed by atoms with Crippen LogP contribution >= 0.6 is 0 Å². The quantitative estimate of drug-likeness (QED) is 0.199. The maximum Gasteiger partial charge on any atom is 0.156 e. The van der Waals surface area contributed by atoms with Crippen LogP contribution in [-0.2, 0) is 6.54 Å². The lowest BCUT2D eigenvalue weighted by Crippen LogP contribution is -2.10. The van der Waals surface area contributed by atoms with Gasteiger partial charge in [0.15, 0.2) is 5.65 Å². The van der Waals surface area contributed by atoms with Crippen molar-refractivity contribution in [2.75, 3.05) is 7.11 Å². The summed E-state index contributed by atoms with van der Waals surface area (Å²) in [7, 11) is 1.68. The van der Waals surface area contributed by atoms with E-state index in [1.54, 1.807) is 7.11 Å². The normalized spacial score (nSPS) is 12.5. The highest BCUT2D eigenvalue weighted by atomic mass is 16.5. The third kappa shape index (κ3) is 4.32. The van der Waals surface area contributed by atoms with Crippen molar-refractivity contribution in [3.8, 4) is 28.3 Å². The van der Waals surface area contributed by atoms with Crippen LogP contribution in [0, 0.1) is 5.92 Å². The Hall–Kier alpha value is -4.12. The van der Waals surface area contributed by atoms with E-state index in [0.717, 1.165) is 40.5 Å². The molecule has 3 aromatic carbocycles. The summed E-state index contributed by atoms with van der Waals surface area (Å²) in [5, 5.41) is 7.54. The minimum absolute atomic E-state index is 0.689. The maximum absolute atomic E-state index is 5.31. The highest BCUT2D eigenvalue weighted by Gasteiger charge is 2.16. The first kappa shape index (κ1) is 24.2. The van der Waals surface area contributed by atoms with Gasteiger partial charge in [0.1, 0.15) is 5.75 Å². The molecule has 6 rings (SSSR count). The minimum atomic E-state index is 0.689. The molecule has 3 heterocycles. The van der Waals surface area contributed by atoms with Crippen molar-refractivity contribution in [3.63, 3.8) is 0 Å². The van der Waals surface area contributed by atoms with E-state index < -0.39 is 0 Å². The molecule has 0 fully saturated rings. The fourth-order valence-corrected chi connectivity index (χ4v) is 5.60. The molecule has 3 aromatic heterocycles. The Morgan fingerprint density at radius 2 is 1.63 bits per heavy atom. The number of para-hydroxylation sites is 1. The van der Waals surface area contributed by atoms with Crippen molar-refractivity contribution in [3.05, 3.63) is 85.1 Å². The Morgan fingerprint density at radius 3 is 2.42 bits per heavy atom. The van der Waals surface area contributed by atoms with E-state index in [4.69, 9.17) is 9.84 Å². The first-order valence-corrected chi connectivity index (χ1v) is 13.7. The van der Waals surface area contributed by atoms with Gasteiger partial charge in [-0.05, 0) is 60.9 Å². The number of aromatic nitrogens is 4. The number of unbranched alkanes of at least 4 members (excludes halogenated alkanes) is 1. The van der Waals surface area contributed by atoms with Gasteiger partial charge in [-0.1, -0.05) is 57.4 Å². The molecule has 5 heteroatoms. The van der Waals surface area contributed by atoms with Crippen LogP contribution in [0.5, 0.6) is 5.75 Å². The zero-order valence-electron chi connectivity index (χ0n) is 22.4. The Morgan fingerprint density at radius 1 is 0.842 bits per heavy atom.